The Morgan fingerprint density at radius 1 is 1.09 bits per heavy atom. The van der Waals surface area contributed by atoms with Crippen molar-refractivity contribution < 1.29 is 10.0 Å². The number of nitrogens with zero attached hydrogens (tertiary/aromatic N) is 1. The van der Waals surface area contributed by atoms with Crippen molar-refractivity contribution in [2.75, 3.05) is 13.1 Å². The standard InChI is InChI=1S/C16H18N2O3.ClH/c19-16(14-7-2-1-3-8-14)12-17-11-10-13-6-4-5-9-15(13)18(20)21;/h1-9,16-17,19H,10-12H2;1H/t16-;/m0./s1. The number of nitrogens with one attached hydrogen (secondary N) is 1. The highest BCUT2D eigenvalue weighted by Crippen LogP contribution is 2.17. The summed E-state index contributed by atoms with van der Waals surface area (Å²) < 4.78 is 0. The molecule has 0 heterocycles. The summed E-state index contributed by atoms with van der Waals surface area (Å²) in [4.78, 5) is 10.5. The predicted molar refractivity (Wildman–Crippen MR) is 88.3 cm³/mol. The Labute approximate surface area is 135 Å². The topological polar surface area (TPSA) is 75.4 Å². The highest BCUT2D eigenvalue weighted by Gasteiger charge is 2.12. The van der Waals surface area contributed by atoms with Crippen LogP contribution in [0.4, 0.5) is 5.69 Å². The largest absolute Gasteiger partial charge is 0.387 e. The Kier molecular flexibility index (Phi) is 7.52. The molecule has 0 aliphatic carbocycles. The van der Waals surface area contributed by atoms with Crippen LogP contribution >= 0.6 is 12.4 Å². The highest BCUT2D eigenvalue weighted by atomic mass is 35.5. The van der Waals surface area contributed by atoms with Gasteiger partial charge in [-0.25, -0.2) is 0 Å². The van der Waals surface area contributed by atoms with E-state index in [1.54, 1.807) is 18.2 Å². The molecule has 0 saturated carbocycles. The van der Waals surface area contributed by atoms with Crippen molar-refractivity contribution in [2.24, 2.45) is 0 Å². The van der Waals surface area contributed by atoms with Crippen LogP contribution in [0.2, 0.25) is 0 Å². The minimum atomic E-state index is -0.572. The number of para-hydroxylation sites is 1. The molecule has 0 radical (unpaired) electrons. The van der Waals surface area contributed by atoms with Crippen LogP contribution < -0.4 is 5.32 Å². The van der Waals surface area contributed by atoms with Crippen LogP contribution in [0.25, 0.3) is 0 Å². The van der Waals surface area contributed by atoms with Crippen molar-refractivity contribution in [1.82, 2.24) is 5.32 Å². The van der Waals surface area contributed by atoms with Gasteiger partial charge >= 0.3 is 0 Å². The molecule has 0 aliphatic heterocycles. The van der Waals surface area contributed by atoms with Gasteiger partial charge in [0.15, 0.2) is 0 Å². The molecular formula is C16H19ClN2O3. The van der Waals surface area contributed by atoms with Gasteiger partial charge in [0.05, 0.1) is 11.0 Å². The maximum Gasteiger partial charge on any atom is 0.272 e. The molecule has 2 aromatic carbocycles. The number of hydrogen-bond donors (Lipinski definition) is 2. The number of aliphatic hydroxyl groups excluding tert-OH is 1. The van der Waals surface area contributed by atoms with Gasteiger partial charge in [-0.3, -0.25) is 10.1 Å². The number of halogens is 1. The van der Waals surface area contributed by atoms with Crippen molar-refractivity contribution in [2.45, 2.75) is 12.5 Å². The molecule has 2 aromatic rings. The number of rotatable bonds is 7. The molecule has 0 aliphatic rings. The fraction of sp³-hybridized carbons (Fsp3) is 0.250. The Morgan fingerprint density at radius 3 is 2.41 bits per heavy atom. The maximum absolute atomic E-state index is 10.9. The number of aliphatic hydroxyl groups is 1. The number of hydrogen-bond acceptors (Lipinski definition) is 4. The molecule has 0 bridgehead atoms. The summed E-state index contributed by atoms with van der Waals surface area (Å²) in [5.74, 6) is 0. The molecule has 118 valence electrons. The Bertz CT molecular complexity index is 593. The molecule has 0 fully saturated rings. The highest BCUT2D eigenvalue weighted by molar-refractivity contribution is 5.85. The third-order valence-corrected chi connectivity index (χ3v) is 3.28. The zero-order chi connectivity index (χ0) is 15.1. The number of nitro benzene ring substituents is 1. The van der Waals surface area contributed by atoms with Crippen LogP contribution in [0.15, 0.2) is 54.6 Å². The van der Waals surface area contributed by atoms with E-state index in [9.17, 15) is 15.2 Å². The molecule has 0 unspecified atom stereocenters. The fourth-order valence-electron chi connectivity index (χ4n) is 2.16. The quantitative estimate of drug-likeness (QED) is 0.467. The van der Waals surface area contributed by atoms with E-state index in [1.165, 1.54) is 6.07 Å². The first-order valence-electron chi connectivity index (χ1n) is 6.84. The molecule has 0 saturated heterocycles. The van der Waals surface area contributed by atoms with E-state index in [2.05, 4.69) is 5.32 Å². The molecule has 6 heteroatoms. The van der Waals surface area contributed by atoms with Crippen LogP contribution in [0, 0.1) is 10.1 Å². The van der Waals surface area contributed by atoms with E-state index in [4.69, 9.17) is 0 Å². The molecule has 0 spiro atoms. The van der Waals surface area contributed by atoms with Gasteiger partial charge in [0.2, 0.25) is 0 Å². The van der Waals surface area contributed by atoms with Crippen LogP contribution in [-0.4, -0.2) is 23.1 Å². The van der Waals surface area contributed by atoms with E-state index in [-0.39, 0.29) is 23.0 Å². The monoisotopic (exact) mass is 322 g/mol. The molecule has 2 rings (SSSR count). The lowest BCUT2D eigenvalue weighted by Crippen LogP contribution is -2.23. The summed E-state index contributed by atoms with van der Waals surface area (Å²) >= 11 is 0. The van der Waals surface area contributed by atoms with E-state index in [0.717, 1.165) is 5.56 Å². The van der Waals surface area contributed by atoms with Gasteiger partial charge in [-0.2, -0.15) is 0 Å². The van der Waals surface area contributed by atoms with Crippen molar-refractivity contribution in [3.8, 4) is 0 Å². The van der Waals surface area contributed by atoms with Crippen LogP contribution in [0.5, 0.6) is 0 Å². The van der Waals surface area contributed by atoms with Crippen LogP contribution in [0.3, 0.4) is 0 Å². The molecule has 0 aromatic heterocycles. The lowest BCUT2D eigenvalue weighted by atomic mass is 10.1. The lowest BCUT2D eigenvalue weighted by molar-refractivity contribution is -0.385. The van der Waals surface area contributed by atoms with E-state index in [1.807, 2.05) is 30.3 Å². The van der Waals surface area contributed by atoms with Gasteiger partial charge in [0.25, 0.3) is 5.69 Å². The Morgan fingerprint density at radius 2 is 1.73 bits per heavy atom. The second-order valence-corrected chi connectivity index (χ2v) is 4.77. The normalized spacial score (nSPS) is 11.5. The van der Waals surface area contributed by atoms with E-state index < -0.39 is 6.10 Å². The van der Waals surface area contributed by atoms with Gasteiger partial charge in [-0.05, 0) is 18.5 Å². The first-order chi connectivity index (χ1) is 10.2. The first kappa shape index (κ1) is 18.1. The molecular weight excluding hydrogens is 304 g/mol. The molecule has 5 nitrogen and oxygen atoms in total. The van der Waals surface area contributed by atoms with Gasteiger partial charge in [-0.15, -0.1) is 12.4 Å². The third-order valence-electron chi connectivity index (χ3n) is 3.28. The maximum atomic E-state index is 10.9. The lowest BCUT2D eigenvalue weighted by Gasteiger charge is -2.12. The zero-order valence-electron chi connectivity index (χ0n) is 12.0. The van der Waals surface area contributed by atoms with Crippen molar-refractivity contribution in [3.05, 3.63) is 75.8 Å². The molecule has 2 N–H and O–H groups in total. The summed E-state index contributed by atoms with van der Waals surface area (Å²) in [6.45, 7) is 0.999. The Hall–Kier alpha value is -1.95. The molecule has 0 amide bonds. The van der Waals surface area contributed by atoms with E-state index in [0.29, 0.717) is 25.1 Å². The SMILES string of the molecule is Cl.O=[N+]([O-])c1ccccc1CCNC[C@H](O)c1ccccc1. The van der Waals surface area contributed by atoms with Gasteiger partial charge in [-0.1, -0.05) is 48.5 Å². The summed E-state index contributed by atoms with van der Waals surface area (Å²) in [6, 6.07) is 16.1. The predicted octanol–water partition coefficient (Wildman–Crippen LogP) is 2.88. The average molecular weight is 323 g/mol. The minimum absolute atomic E-state index is 0. The van der Waals surface area contributed by atoms with Crippen molar-refractivity contribution in [3.63, 3.8) is 0 Å². The number of nitro groups is 1. The average Bonchev–Trinajstić information content (AvgIpc) is 2.52. The second-order valence-electron chi connectivity index (χ2n) is 4.77. The molecule has 1 atom stereocenters. The van der Waals surface area contributed by atoms with Gasteiger partial charge in [0, 0.05) is 18.2 Å². The van der Waals surface area contributed by atoms with Gasteiger partial charge in [0.1, 0.15) is 0 Å². The third kappa shape index (κ3) is 5.11. The minimum Gasteiger partial charge on any atom is -0.387 e. The van der Waals surface area contributed by atoms with Crippen molar-refractivity contribution in [1.29, 1.82) is 0 Å². The summed E-state index contributed by atoms with van der Waals surface area (Å²) in [6.07, 6.45) is -0.0180. The van der Waals surface area contributed by atoms with Crippen LogP contribution in [0.1, 0.15) is 17.2 Å². The van der Waals surface area contributed by atoms with Crippen LogP contribution in [-0.2, 0) is 6.42 Å². The number of benzene rings is 2. The summed E-state index contributed by atoms with van der Waals surface area (Å²) in [5, 5.41) is 24.0. The molecule has 22 heavy (non-hydrogen) atoms. The smallest absolute Gasteiger partial charge is 0.272 e. The first-order valence-corrected chi connectivity index (χ1v) is 6.84. The van der Waals surface area contributed by atoms with Crippen molar-refractivity contribution >= 4 is 18.1 Å². The van der Waals surface area contributed by atoms with Gasteiger partial charge < -0.3 is 10.4 Å². The summed E-state index contributed by atoms with van der Waals surface area (Å²) in [7, 11) is 0. The second kappa shape index (κ2) is 9.15. The fourth-order valence-corrected chi connectivity index (χ4v) is 2.16. The summed E-state index contributed by atoms with van der Waals surface area (Å²) in [5.41, 5.74) is 1.70. The van der Waals surface area contributed by atoms with E-state index >= 15 is 0 Å². The Balaban J connectivity index is 0.00000242. The zero-order valence-corrected chi connectivity index (χ0v) is 12.8.